The fourth-order valence-electron chi connectivity index (χ4n) is 7.62. The second-order valence-electron chi connectivity index (χ2n) is 17.2. The summed E-state index contributed by atoms with van der Waals surface area (Å²) in [5.41, 5.74) is 27.9. The summed E-state index contributed by atoms with van der Waals surface area (Å²) in [7, 11) is 0. The van der Waals surface area contributed by atoms with Crippen LogP contribution in [0.15, 0.2) is 16.2 Å². The van der Waals surface area contributed by atoms with Gasteiger partial charge in [0, 0.05) is 45.7 Å². The van der Waals surface area contributed by atoms with Crippen LogP contribution >= 0.6 is 11.8 Å². The Kier molecular flexibility index (Phi) is 23.4. The Balaban J connectivity index is 2.08. The molecule has 0 spiro atoms. The molecular weight excluding hydrogens is 921 g/mol. The summed E-state index contributed by atoms with van der Waals surface area (Å²) in [6.45, 7) is 4.59. The van der Waals surface area contributed by atoms with Crippen molar-refractivity contribution >= 4 is 76.8 Å². The van der Waals surface area contributed by atoms with Crippen LogP contribution in [0, 0.1) is 5.92 Å². The molecule has 1 aromatic heterocycles. The smallest absolute Gasteiger partial charge is 0.245 e. The molecule has 28 heteroatoms. The molecule has 0 unspecified atom stereocenters. The van der Waals surface area contributed by atoms with E-state index in [0.717, 1.165) is 0 Å². The maximum absolute atomic E-state index is 14.4. The molecule has 384 valence electrons. The quantitative estimate of drug-likeness (QED) is 0.0444. The standard InChI is InChI=1S/C41H70N18O9S/c1-22(2)18-29-36(65)52-26(8-5-13-47-40(43)44)34(63)49-20-32(61)51-25(33(42)62)11-16-58-21-24(56-57-58)19-30(50-23(3)60)37(66)54-28(12-17-69-4)39(68)59-15-7-10-31(59)38(67)53-27(35(64)55-29)9-6-14-48-41(45)46/h21-22,25-31H,5-20H2,1-4H3,(H2,42,62)(H,49,63)(H,50,60)(H,51,61)(H,52,65)(H,53,67)(H,54,66)(H,55,64)(H4,43,44,47)(H4,45,46,48)/t25-,26-,27-,28-,29-,30+,31-/m0/s1. The molecule has 2 bridgehead atoms. The summed E-state index contributed by atoms with van der Waals surface area (Å²) >= 11 is 1.43. The molecule has 1 saturated heterocycles. The second-order valence-corrected chi connectivity index (χ2v) is 18.2. The predicted octanol–water partition coefficient (Wildman–Crippen LogP) is -5.35. The lowest BCUT2D eigenvalue weighted by Gasteiger charge is -2.31. The minimum Gasteiger partial charge on any atom is -0.370 e. The highest BCUT2D eigenvalue weighted by atomic mass is 32.2. The highest BCUT2D eigenvalue weighted by Crippen LogP contribution is 2.21. The minimum absolute atomic E-state index is 0.00420. The van der Waals surface area contributed by atoms with E-state index < -0.39 is 102 Å². The maximum Gasteiger partial charge on any atom is 0.245 e. The van der Waals surface area contributed by atoms with E-state index in [1.807, 2.05) is 20.1 Å². The number of hydrogen-bond donors (Lipinski definition) is 12. The van der Waals surface area contributed by atoms with Crippen molar-refractivity contribution in [2.75, 3.05) is 38.2 Å². The van der Waals surface area contributed by atoms with E-state index in [4.69, 9.17) is 28.7 Å². The van der Waals surface area contributed by atoms with E-state index in [-0.39, 0.29) is 107 Å². The highest BCUT2D eigenvalue weighted by molar-refractivity contribution is 7.98. The Morgan fingerprint density at radius 2 is 1.38 bits per heavy atom. The average Bonchev–Trinajstić information content (AvgIpc) is 3.96. The number of aryl methyl sites for hydroxylation is 1. The lowest BCUT2D eigenvalue weighted by atomic mass is 10.0. The predicted molar refractivity (Wildman–Crippen MR) is 255 cm³/mol. The van der Waals surface area contributed by atoms with Crippen LogP contribution in [-0.2, 0) is 56.1 Å². The highest BCUT2D eigenvalue weighted by Gasteiger charge is 2.40. The number of aliphatic imine (C=N–C) groups is 2. The lowest BCUT2D eigenvalue weighted by molar-refractivity contribution is -0.142. The van der Waals surface area contributed by atoms with Crippen LogP contribution in [0.3, 0.4) is 0 Å². The van der Waals surface area contributed by atoms with Crippen molar-refractivity contribution in [2.45, 2.75) is 134 Å². The van der Waals surface area contributed by atoms with Gasteiger partial charge in [0.1, 0.15) is 42.3 Å². The number of nitrogens with zero attached hydrogens (tertiary/aromatic N) is 6. The zero-order valence-electron chi connectivity index (χ0n) is 39.7. The van der Waals surface area contributed by atoms with Crippen LogP contribution in [-0.4, -0.2) is 165 Å². The lowest BCUT2D eigenvalue weighted by Crippen LogP contribution is -2.59. The van der Waals surface area contributed by atoms with Crippen LogP contribution < -0.4 is 65.9 Å². The monoisotopic (exact) mass is 991 g/mol. The molecule has 2 aliphatic heterocycles. The minimum atomic E-state index is -1.26. The first-order chi connectivity index (χ1) is 32.7. The van der Waals surface area contributed by atoms with Crippen molar-refractivity contribution in [2.24, 2.45) is 44.6 Å². The van der Waals surface area contributed by atoms with Crippen molar-refractivity contribution < 1.29 is 43.2 Å². The number of primary amides is 1. The number of carbonyl (C=O) groups is 9. The van der Waals surface area contributed by atoms with Gasteiger partial charge in [-0.3, -0.25) is 57.8 Å². The molecule has 17 N–H and O–H groups in total. The SMILES string of the molecule is CSCC[C@@H]1NC(=O)[C@H](NC(C)=O)Cc2cn(nn2)CC[C@@H](C(N)=O)NC(=O)CNC(=O)[C@H](CCCN=C(N)N)NC(=O)[C@H](CC(C)C)NC(=O)[C@H](CCCN=C(N)N)NC(=O)[C@@H]2CCCN2C1=O. The van der Waals surface area contributed by atoms with Gasteiger partial charge in [0.25, 0.3) is 0 Å². The summed E-state index contributed by atoms with van der Waals surface area (Å²) in [6, 6.07) is -8.37. The molecule has 1 fully saturated rings. The summed E-state index contributed by atoms with van der Waals surface area (Å²) < 4.78 is 1.35. The molecule has 3 heterocycles. The number of carbonyl (C=O) groups excluding carboxylic acids is 9. The first-order valence-corrected chi connectivity index (χ1v) is 24.2. The Morgan fingerprint density at radius 1 is 0.783 bits per heavy atom. The van der Waals surface area contributed by atoms with E-state index in [1.54, 1.807) is 0 Å². The number of nitrogens with one attached hydrogen (secondary N) is 7. The molecule has 1 aromatic rings. The molecule has 0 aliphatic carbocycles. The van der Waals surface area contributed by atoms with Gasteiger partial charge in [-0.1, -0.05) is 19.1 Å². The summed E-state index contributed by atoms with van der Waals surface area (Å²) in [5, 5.41) is 26.7. The number of guanidine groups is 2. The van der Waals surface area contributed by atoms with Crippen LogP contribution in [0.25, 0.3) is 0 Å². The zero-order chi connectivity index (χ0) is 51.2. The van der Waals surface area contributed by atoms with Crippen LogP contribution in [0.2, 0.25) is 0 Å². The van der Waals surface area contributed by atoms with E-state index in [9.17, 15) is 43.2 Å². The number of thioether (sulfide) groups is 1. The largest absolute Gasteiger partial charge is 0.370 e. The van der Waals surface area contributed by atoms with Crippen LogP contribution in [0.4, 0.5) is 0 Å². The topological polar surface area (TPSA) is 427 Å². The van der Waals surface area contributed by atoms with Gasteiger partial charge >= 0.3 is 0 Å². The first kappa shape index (κ1) is 56.6. The molecular formula is C41H70N18O9S. The fourth-order valence-corrected chi connectivity index (χ4v) is 8.09. The zero-order valence-corrected chi connectivity index (χ0v) is 40.5. The van der Waals surface area contributed by atoms with Gasteiger partial charge in [0.15, 0.2) is 11.9 Å². The Bertz CT molecular complexity index is 2020. The number of fused-ring (bicyclic) bond motifs is 3. The number of rotatable bonds is 15. The Labute approximate surface area is 404 Å². The molecule has 69 heavy (non-hydrogen) atoms. The maximum atomic E-state index is 14.4. The van der Waals surface area contributed by atoms with Gasteiger partial charge < -0.3 is 70.8 Å². The number of aromatic nitrogens is 3. The van der Waals surface area contributed by atoms with Gasteiger partial charge in [-0.05, 0) is 75.7 Å². The van der Waals surface area contributed by atoms with Crippen molar-refractivity contribution in [3.05, 3.63) is 11.9 Å². The van der Waals surface area contributed by atoms with E-state index >= 15 is 0 Å². The third kappa shape index (κ3) is 19.8. The molecule has 27 nitrogen and oxygen atoms in total. The first-order valence-electron chi connectivity index (χ1n) is 22.8. The van der Waals surface area contributed by atoms with E-state index in [1.165, 1.54) is 34.5 Å². The molecule has 3 rings (SSSR count). The van der Waals surface area contributed by atoms with E-state index in [0.29, 0.717) is 12.2 Å². The van der Waals surface area contributed by atoms with Gasteiger partial charge in [0.2, 0.25) is 53.2 Å². The molecule has 7 atom stereocenters. The molecule has 0 aromatic carbocycles. The summed E-state index contributed by atoms with van der Waals surface area (Å²) in [4.78, 5) is 132. The van der Waals surface area contributed by atoms with Gasteiger partial charge in [-0.15, -0.1) is 5.10 Å². The Morgan fingerprint density at radius 3 is 1.97 bits per heavy atom. The molecule has 0 radical (unpaired) electrons. The molecule has 9 amide bonds. The molecule has 2 aliphatic rings. The summed E-state index contributed by atoms with van der Waals surface area (Å²) in [5.74, 6) is -6.50. The van der Waals surface area contributed by atoms with Crippen molar-refractivity contribution in [1.29, 1.82) is 0 Å². The third-order valence-corrected chi connectivity index (χ3v) is 11.6. The Hall–Kier alpha value is -6.74. The third-order valence-electron chi connectivity index (χ3n) is 11.0. The van der Waals surface area contributed by atoms with Gasteiger partial charge in [0.05, 0.1) is 12.2 Å². The van der Waals surface area contributed by atoms with Crippen LogP contribution in [0.5, 0.6) is 0 Å². The normalized spacial score (nSPS) is 23.9. The van der Waals surface area contributed by atoms with Gasteiger partial charge in [-0.2, -0.15) is 11.8 Å². The van der Waals surface area contributed by atoms with Crippen molar-refractivity contribution in [3.8, 4) is 0 Å². The molecule has 0 saturated carbocycles. The fraction of sp³-hybridized carbons (Fsp3) is 0.683. The number of hydrogen-bond acceptors (Lipinski definition) is 14. The van der Waals surface area contributed by atoms with Gasteiger partial charge in [-0.25, -0.2) is 0 Å². The van der Waals surface area contributed by atoms with Crippen molar-refractivity contribution in [3.63, 3.8) is 0 Å². The average molecular weight is 991 g/mol. The van der Waals surface area contributed by atoms with Crippen molar-refractivity contribution in [1.82, 2.24) is 57.1 Å². The number of nitrogens with two attached hydrogens (primary N) is 5. The summed E-state index contributed by atoms with van der Waals surface area (Å²) in [6.07, 6.45) is 4.44. The van der Waals surface area contributed by atoms with Crippen LogP contribution in [0.1, 0.15) is 84.3 Å². The second kappa shape index (κ2) is 28.6. The number of amides is 9. The van der Waals surface area contributed by atoms with E-state index in [2.05, 4.69) is 57.5 Å².